The van der Waals surface area contributed by atoms with E-state index in [4.69, 9.17) is 20.1 Å². The average Bonchev–Trinajstić information content (AvgIpc) is 2.25. The molecule has 8 heteroatoms. The van der Waals surface area contributed by atoms with Gasteiger partial charge in [-0.3, -0.25) is 4.79 Å². The summed E-state index contributed by atoms with van der Waals surface area (Å²) in [4.78, 5) is 10.8. The van der Waals surface area contributed by atoms with E-state index in [9.17, 15) is 4.79 Å². The van der Waals surface area contributed by atoms with Crippen LogP contribution in [0, 0.1) is 0 Å². The minimum atomic E-state index is -1.78. The maximum atomic E-state index is 10.8. The van der Waals surface area contributed by atoms with Crippen LogP contribution in [-0.2, 0) is 10.5 Å². The first kappa shape index (κ1) is 14.3. The van der Waals surface area contributed by atoms with E-state index in [0.29, 0.717) is 11.3 Å². The van der Waals surface area contributed by atoms with Crippen molar-refractivity contribution in [2.24, 2.45) is 0 Å². The molecular formula is C9H12B2O5S. The second-order valence-electron chi connectivity index (χ2n) is 3.49. The second kappa shape index (κ2) is 6.23. The molecule has 1 aromatic rings. The Balaban J connectivity index is 2.97. The highest BCUT2D eigenvalue weighted by Gasteiger charge is 2.23. The van der Waals surface area contributed by atoms with Crippen LogP contribution in [0.15, 0.2) is 18.2 Å². The summed E-state index contributed by atoms with van der Waals surface area (Å²) in [5, 5.41) is 36.3. The van der Waals surface area contributed by atoms with Gasteiger partial charge in [-0.2, -0.15) is 0 Å². The lowest BCUT2D eigenvalue weighted by Crippen LogP contribution is -2.49. The highest BCUT2D eigenvalue weighted by Crippen LogP contribution is 2.11. The molecule has 0 heterocycles. The molecule has 0 aromatic heterocycles. The van der Waals surface area contributed by atoms with Crippen molar-refractivity contribution < 1.29 is 24.9 Å². The molecule has 0 saturated carbocycles. The molecule has 0 amide bonds. The van der Waals surface area contributed by atoms with Crippen molar-refractivity contribution in [2.75, 3.05) is 0 Å². The van der Waals surface area contributed by atoms with Crippen LogP contribution in [-0.4, -0.2) is 39.4 Å². The van der Waals surface area contributed by atoms with Crippen molar-refractivity contribution in [3.8, 4) is 0 Å². The van der Waals surface area contributed by atoms with Crippen LogP contribution < -0.4 is 10.9 Å². The van der Waals surface area contributed by atoms with E-state index in [-0.39, 0.29) is 16.0 Å². The monoisotopic (exact) mass is 254 g/mol. The molecule has 1 aromatic carbocycles. The number of thioether (sulfide) groups is 1. The lowest BCUT2D eigenvalue weighted by atomic mass is 9.65. The first-order valence-corrected chi connectivity index (χ1v) is 5.88. The molecule has 4 N–H and O–H groups in total. The Labute approximate surface area is 104 Å². The molecule has 0 aliphatic rings. The van der Waals surface area contributed by atoms with Gasteiger partial charge in [0.25, 0.3) is 0 Å². The summed E-state index contributed by atoms with van der Waals surface area (Å²) in [6.07, 6.45) is 0. The summed E-state index contributed by atoms with van der Waals surface area (Å²) in [6, 6.07) is 4.45. The number of carbonyl (C=O) groups excluding carboxylic acids is 1. The fourth-order valence-corrected chi connectivity index (χ4v) is 1.91. The van der Waals surface area contributed by atoms with E-state index in [0.717, 1.165) is 11.8 Å². The quantitative estimate of drug-likeness (QED) is 0.456. The molecule has 0 bridgehead atoms. The van der Waals surface area contributed by atoms with E-state index in [2.05, 4.69) is 0 Å². The van der Waals surface area contributed by atoms with Crippen LogP contribution >= 0.6 is 11.8 Å². The molecule has 0 saturated heterocycles. The van der Waals surface area contributed by atoms with E-state index in [1.165, 1.54) is 19.1 Å². The third kappa shape index (κ3) is 4.18. The van der Waals surface area contributed by atoms with Crippen molar-refractivity contribution in [3.05, 3.63) is 23.8 Å². The first-order valence-electron chi connectivity index (χ1n) is 4.90. The van der Waals surface area contributed by atoms with Crippen LogP contribution in [0.1, 0.15) is 12.5 Å². The molecule has 0 unspecified atom stereocenters. The van der Waals surface area contributed by atoms with Gasteiger partial charge in [0, 0.05) is 12.7 Å². The van der Waals surface area contributed by atoms with Crippen molar-refractivity contribution in [3.63, 3.8) is 0 Å². The zero-order valence-electron chi connectivity index (χ0n) is 9.20. The molecule has 0 spiro atoms. The maximum Gasteiger partial charge on any atom is 0.488 e. The topological polar surface area (TPSA) is 98.0 Å². The number of hydrogen-bond acceptors (Lipinski definition) is 6. The van der Waals surface area contributed by atoms with E-state index in [1.54, 1.807) is 6.07 Å². The van der Waals surface area contributed by atoms with Crippen LogP contribution in [0.3, 0.4) is 0 Å². The third-order valence-electron chi connectivity index (χ3n) is 2.15. The number of benzene rings is 1. The SMILES string of the molecule is CC(=O)SCc1ccc(B(O)O)c(B(O)O)c1. The van der Waals surface area contributed by atoms with E-state index < -0.39 is 14.2 Å². The Kier molecular flexibility index (Phi) is 5.23. The summed E-state index contributed by atoms with van der Waals surface area (Å²) in [7, 11) is -3.55. The minimum absolute atomic E-state index is 0.0293. The number of carbonyl (C=O) groups is 1. The molecule has 90 valence electrons. The van der Waals surface area contributed by atoms with Crippen LogP contribution in [0.4, 0.5) is 0 Å². The van der Waals surface area contributed by atoms with Gasteiger partial charge in [0.2, 0.25) is 0 Å². The zero-order chi connectivity index (χ0) is 13.0. The maximum absolute atomic E-state index is 10.8. The fourth-order valence-electron chi connectivity index (χ4n) is 1.36. The molecule has 0 aliphatic carbocycles. The van der Waals surface area contributed by atoms with Gasteiger partial charge in [0.1, 0.15) is 0 Å². The van der Waals surface area contributed by atoms with Gasteiger partial charge < -0.3 is 20.1 Å². The Morgan fingerprint density at radius 2 is 1.76 bits per heavy atom. The Morgan fingerprint density at radius 1 is 1.18 bits per heavy atom. The molecule has 0 atom stereocenters. The number of rotatable bonds is 4. The Hall–Kier alpha value is -0.790. The zero-order valence-corrected chi connectivity index (χ0v) is 10.0. The van der Waals surface area contributed by atoms with Gasteiger partial charge in [0.05, 0.1) is 0 Å². The summed E-state index contributed by atoms with van der Waals surface area (Å²) >= 11 is 1.09. The van der Waals surface area contributed by atoms with Gasteiger partial charge in [-0.05, 0) is 16.5 Å². The average molecular weight is 254 g/mol. The minimum Gasteiger partial charge on any atom is -0.423 e. The summed E-state index contributed by atoms with van der Waals surface area (Å²) in [6.45, 7) is 1.44. The number of hydrogen-bond donors (Lipinski definition) is 4. The molecule has 17 heavy (non-hydrogen) atoms. The molecule has 0 fully saturated rings. The van der Waals surface area contributed by atoms with E-state index in [1.807, 2.05) is 0 Å². The van der Waals surface area contributed by atoms with E-state index >= 15 is 0 Å². The molecule has 0 aliphatic heterocycles. The second-order valence-corrected chi connectivity index (χ2v) is 4.64. The molecule has 5 nitrogen and oxygen atoms in total. The van der Waals surface area contributed by atoms with Gasteiger partial charge >= 0.3 is 14.2 Å². The predicted molar refractivity (Wildman–Crippen MR) is 68.1 cm³/mol. The van der Waals surface area contributed by atoms with Crippen LogP contribution in [0.2, 0.25) is 0 Å². The van der Waals surface area contributed by atoms with Crippen molar-refractivity contribution in [1.82, 2.24) is 0 Å². The first-order chi connectivity index (χ1) is 7.91. The molecule has 1 rings (SSSR count). The highest BCUT2D eigenvalue weighted by molar-refractivity contribution is 8.12. The standard InChI is InChI=1S/C9H12B2O5S/c1-6(12)17-5-7-2-3-8(10(13)14)9(4-7)11(15)16/h2-4,13-16H,5H2,1H3. The third-order valence-corrected chi connectivity index (χ3v) is 3.03. The molecular weight excluding hydrogens is 242 g/mol. The van der Waals surface area contributed by atoms with Gasteiger partial charge in [-0.25, -0.2) is 0 Å². The van der Waals surface area contributed by atoms with Crippen molar-refractivity contribution in [1.29, 1.82) is 0 Å². The van der Waals surface area contributed by atoms with Crippen molar-refractivity contribution in [2.45, 2.75) is 12.7 Å². The summed E-state index contributed by atoms with van der Waals surface area (Å²) in [5.74, 6) is 0.400. The van der Waals surface area contributed by atoms with Crippen LogP contribution in [0.25, 0.3) is 0 Å². The van der Waals surface area contributed by atoms with Gasteiger partial charge in [-0.1, -0.05) is 30.0 Å². The predicted octanol–water partition coefficient (Wildman–Crippen LogP) is -2.17. The van der Waals surface area contributed by atoms with Crippen LogP contribution in [0.5, 0.6) is 0 Å². The normalized spacial score (nSPS) is 10.2. The van der Waals surface area contributed by atoms with Gasteiger partial charge in [-0.15, -0.1) is 0 Å². The molecule has 0 radical (unpaired) electrons. The highest BCUT2D eigenvalue weighted by atomic mass is 32.2. The summed E-state index contributed by atoms with van der Waals surface area (Å²) in [5.41, 5.74) is 0.774. The van der Waals surface area contributed by atoms with Crippen molar-refractivity contribution >= 4 is 42.0 Å². The lowest BCUT2D eigenvalue weighted by molar-refractivity contribution is -0.109. The summed E-state index contributed by atoms with van der Waals surface area (Å²) < 4.78 is 0. The lowest BCUT2D eigenvalue weighted by Gasteiger charge is -2.10. The van der Waals surface area contributed by atoms with Gasteiger partial charge in [0.15, 0.2) is 5.12 Å². The Bertz CT molecular complexity index is 410. The Morgan fingerprint density at radius 3 is 2.24 bits per heavy atom. The largest absolute Gasteiger partial charge is 0.488 e. The fraction of sp³-hybridized carbons (Fsp3) is 0.222. The smallest absolute Gasteiger partial charge is 0.423 e.